The van der Waals surface area contributed by atoms with E-state index in [9.17, 15) is 14.7 Å². The van der Waals surface area contributed by atoms with Crippen LogP contribution in [-0.2, 0) is 9.59 Å². The molecule has 26 heavy (non-hydrogen) atoms. The van der Waals surface area contributed by atoms with Crippen molar-refractivity contribution in [1.29, 1.82) is 0 Å². The van der Waals surface area contributed by atoms with Crippen LogP contribution >= 0.6 is 0 Å². The monoisotopic (exact) mass is 362 g/mol. The van der Waals surface area contributed by atoms with Gasteiger partial charge in [-0.25, -0.2) is 0 Å². The van der Waals surface area contributed by atoms with Gasteiger partial charge in [0.15, 0.2) is 0 Å². The molecule has 4 aliphatic rings. The first-order valence-corrected chi connectivity index (χ1v) is 10.7. The summed E-state index contributed by atoms with van der Waals surface area (Å²) in [5.74, 6) is 2.03. The Kier molecular flexibility index (Phi) is 4.30. The number of ketones is 1. The number of hydrogen-bond acceptors (Lipinski definition) is 3. The Morgan fingerprint density at radius 3 is 2.54 bits per heavy atom. The number of hydrogen-bond donors (Lipinski definition) is 2. The second-order valence-electron chi connectivity index (χ2n) is 10.3. The molecule has 0 radical (unpaired) electrons. The number of aliphatic carboxylic acids is 1. The van der Waals surface area contributed by atoms with E-state index in [1.54, 1.807) is 0 Å². The molecule has 0 aromatic heterocycles. The van der Waals surface area contributed by atoms with Gasteiger partial charge in [0, 0.05) is 19.3 Å². The molecule has 0 amide bonds. The summed E-state index contributed by atoms with van der Waals surface area (Å²) in [5.41, 5.74) is -0.668. The van der Waals surface area contributed by atoms with Gasteiger partial charge in [0.05, 0.1) is 5.60 Å². The Labute approximate surface area is 156 Å². The maximum absolute atomic E-state index is 12.0. The highest BCUT2D eigenvalue weighted by atomic mass is 16.4. The number of aliphatic hydroxyl groups is 1. The van der Waals surface area contributed by atoms with Gasteiger partial charge in [-0.3, -0.25) is 9.59 Å². The maximum atomic E-state index is 12.0. The van der Waals surface area contributed by atoms with Crippen LogP contribution in [0.25, 0.3) is 0 Å². The number of fused-ring (bicyclic) bond motifs is 5. The zero-order valence-electron chi connectivity index (χ0n) is 16.3. The molecule has 146 valence electrons. The molecule has 4 nitrogen and oxygen atoms in total. The van der Waals surface area contributed by atoms with Gasteiger partial charge in [0.2, 0.25) is 0 Å². The Morgan fingerprint density at radius 2 is 1.81 bits per heavy atom. The third-order valence-electron chi connectivity index (χ3n) is 9.56. The van der Waals surface area contributed by atoms with Crippen LogP contribution in [0.1, 0.15) is 84.5 Å². The number of Topliss-reactive ketones (excluding diaryl/α,β-unsaturated/α-hetero) is 1. The van der Waals surface area contributed by atoms with E-state index >= 15 is 0 Å². The second-order valence-corrected chi connectivity index (χ2v) is 10.3. The average Bonchev–Trinajstić information content (AvgIpc) is 2.86. The van der Waals surface area contributed by atoms with Crippen LogP contribution in [0.2, 0.25) is 0 Å². The zero-order chi connectivity index (χ0) is 18.7. The highest BCUT2D eigenvalue weighted by Gasteiger charge is 2.64. The van der Waals surface area contributed by atoms with Crippen molar-refractivity contribution in [2.45, 2.75) is 90.1 Å². The molecule has 0 bridgehead atoms. The first-order valence-electron chi connectivity index (χ1n) is 10.7. The summed E-state index contributed by atoms with van der Waals surface area (Å²) >= 11 is 0. The molecule has 2 N–H and O–H groups in total. The third kappa shape index (κ3) is 2.51. The van der Waals surface area contributed by atoms with Gasteiger partial charge in [0.1, 0.15) is 5.78 Å². The molecule has 0 aromatic rings. The summed E-state index contributed by atoms with van der Waals surface area (Å²) in [6.07, 6.45) is 9.30. The fraction of sp³-hybridized carbons (Fsp3) is 0.909. The Hall–Kier alpha value is -0.900. The summed E-state index contributed by atoms with van der Waals surface area (Å²) in [6, 6.07) is 0. The van der Waals surface area contributed by atoms with Gasteiger partial charge < -0.3 is 10.2 Å². The highest BCUT2D eigenvalue weighted by Crippen LogP contribution is 2.68. The normalized spacial score (nSPS) is 50.7. The van der Waals surface area contributed by atoms with E-state index < -0.39 is 11.6 Å². The van der Waals surface area contributed by atoms with Crippen LogP contribution in [0.5, 0.6) is 0 Å². The first kappa shape index (κ1) is 18.5. The van der Waals surface area contributed by atoms with Gasteiger partial charge >= 0.3 is 5.97 Å². The zero-order valence-corrected chi connectivity index (χ0v) is 16.3. The summed E-state index contributed by atoms with van der Waals surface area (Å²) in [4.78, 5) is 23.1. The molecular weight excluding hydrogens is 328 g/mol. The Balaban J connectivity index is 1.58. The van der Waals surface area contributed by atoms with Crippen molar-refractivity contribution in [1.82, 2.24) is 0 Å². The number of carbonyl (C=O) groups excluding carboxylic acids is 1. The number of carbonyl (C=O) groups is 2. The molecule has 0 unspecified atom stereocenters. The molecule has 7 atom stereocenters. The smallest absolute Gasteiger partial charge is 0.303 e. The van der Waals surface area contributed by atoms with Crippen molar-refractivity contribution in [2.75, 3.05) is 0 Å². The van der Waals surface area contributed by atoms with Crippen molar-refractivity contribution >= 4 is 11.8 Å². The van der Waals surface area contributed by atoms with Crippen molar-refractivity contribution in [3.05, 3.63) is 0 Å². The van der Waals surface area contributed by atoms with Gasteiger partial charge in [-0.15, -0.1) is 0 Å². The van der Waals surface area contributed by atoms with Crippen LogP contribution < -0.4 is 0 Å². The quantitative estimate of drug-likeness (QED) is 0.789. The van der Waals surface area contributed by atoms with E-state index in [0.29, 0.717) is 41.3 Å². The third-order valence-corrected chi connectivity index (χ3v) is 9.56. The van der Waals surface area contributed by atoms with Gasteiger partial charge in [-0.2, -0.15) is 0 Å². The van der Waals surface area contributed by atoms with Crippen LogP contribution in [0.4, 0.5) is 0 Å². The van der Waals surface area contributed by atoms with Crippen LogP contribution in [0.15, 0.2) is 0 Å². The van der Waals surface area contributed by atoms with Crippen molar-refractivity contribution in [3.8, 4) is 0 Å². The topological polar surface area (TPSA) is 74.6 Å². The first-order chi connectivity index (χ1) is 12.2. The summed E-state index contributed by atoms with van der Waals surface area (Å²) in [5, 5.41) is 20.5. The van der Waals surface area contributed by atoms with Gasteiger partial charge in [-0.1, -0.05) is 13.8 Å². The standard InChI is InChI=1S/C22H34O4/c1-20-9-5-15(23)13-14(20)3-4-16-17(20)6-10-21(2)18(16)7-11-22(21,26)12-8-19(24)25/h14,16-18,26H,3-13H2,1-2H3,(H,24,25)/t14-,16-,17+,18+,20+,21+,22-/m1/s1. The fourth-order valence-electron chi connectivity index (χ4n) is 7.88. The number of carboxylic acids is 1. The predicted molar refractivity (Wildman–Crippen MR) is 98.6 cm³/mol. The van der Waals surface area contributed by atoms with E-state index in [0.717, 1.165) is 51.4 Å². The van der Waals surface area contributed by atoms with Gasteiger partial charge in [0.25, 0.3) is 0 Å². The minimum absolute atomic E-state index is 0.0643. The van der Waals surface area contributed by atoms with Crippen molar-refractivity contribution in [3.63, 3.8) is 0 Å². The van der Waals surface area contributed by atoms with Crippen LogP contribution in [0, 0.1) is 34.5 Å². The lowest BCUT2D eigenvalue weighted by Gasteiger charge is -2.61. The Morgan fingerprint density at radius 1 is 1.08 bits per heavy atom. The van der Waals surface area contributed by atoms with E-state index in [-0.39, 0.29) is 11.8 Å². The second kappa shape index (κ2) is 6.05. The molecular formula is C22H34O4. The molecule has 0 aliphatic heterocycles. The molecule has 4 heteroatoms. The van der Waals surface area contributed by atoms with E-state index in [1.807, 2.05) is 0 Å². The molecule has 4 saturated carbocycles. The molecule has 0 heterocycles. The summed E-state index contributed by atoms with van der Waals surface area (Å²) in [7, 11) is 0. The summed E-state index contributed by atoms with van der Waals surface area (Å²) < 4.78 is 0. The highest BCUT2D eigenvalue weighted by molar-refractivity contribution is 5.79. The molecule has 4 fully saturated rings. The maximum Gasteiger partial charge on any atom is 0.303 e. The molecule has 0 spiro atoms. The molecule has 0 aromatic carbocycles. The lowest BCUT2D eigenvalue weighted by atomic mass is 9.44. The minimum atomic E-state index is -0.818. The number of carboxylic acid groups (broad SMARTS) is 1. The Bertz CT molecular complexity index is 615. The molecule has 4 rings (SSSR count). The van der Waals surface area contributed by atoms with Crippen LogP contribution in [0.3, 0.4) is 0 Å². The van der Waals surface area contributed by atoms with Crippen LogP contribution in [-0.4, -0.2) is 27.6 Å². The van der Waals surface area contributed by atoms with Crippen molar-refractivity contribution in [2.24, 2.45) is 34.5 Å². The molecule has 0 saturated heterocycles. The van der Waals surface area contributed by atoms with E-state index in [2.05, 4.69) is 13.8 Å². The van der Waals surface area contributed by atoms with Crippen molar-refractivity contribution < 1.29 is 19.8 Å². The minimum Gasteiger partial charge on any atom is -0.481 e. The lowest BCUT2D eigenvalue weighted by Crippen LogP contribution is -2.56. The fourth-order valence-corrected chi connectivity index (χ4v) is 7.88. The summed E-state index contributed by atoms with van der Waals surface area (Å²) in [6.45, 7) is 4.68. The van der Waals surface area contributed by atoms with Gasteiger partial charge in [-0.05, 0) is 85.9 Å². The molecule has 4 aliphatic carbocycles. The van der Waals surface area contributed by atoms with E-state index in [1.165, 1.54) is 6.42 Å². The largest absolute Gasteiger partial charge is 0.481 e. The SMILES string of the molecule is C[C@]12CCC(=O)C[C@H]1CC[C@@H]1[C@@H]2CC[C@@]2(C)[C@H]1CC[C@@]2(O)CCC(=O)O. The predicted octanol–water partition coefficient (Wildman–Crippen LogP) is 4.19. The van der Waals surface area contributed by atoms with E-state index in [4.69, 9.17) is 5.11 Å². The average molecular weight is 363 g/mol. The lowest BCUT2D eigenvalue weighted by molar-refractivity contribution is -0.161. The number of rotatable bonds is 3.